The first-order valence-electron chi connectivity index (χ1n) is 10.6. The molecule has 0 radical (unpaired) electrons. The van der Waals surface area contributed by atoms with Gasteiger partial charge in [0.25, 0.3) is 5.56 Å². The fraction of sp³-hybridized carbons (Fsp3) is 0.522. The second-order valence-corrected chi connectivity index (χ2v) is 8.92. The third-order valence-electron chi connectivity index (χ3n) is 4.67. The van der Waals surface area contributed by atoms with E-state index >= 15 is 0 Å². The van der Waals surface area contributed by atoms with Crippen molar-refractivity contribution in [2.24, 2.45) is 0 Å². The van der Waals surface area contributed by atoms with Crippen molar-refractivity contribution >= 4 is 11.9 Å². The van der Waals surface area contributed by atoms with Gasteiger partial charge in [-0.1, -0.05) is 0 Å². The third-order valence-corrected chi connectivity index (χ3v) is 4.67. The molecule has 2 aromatic rings. The lowest BCUT2D eigenvalue weighted by Gasteiger charge is -2.26. The predicted octanol–water partition coefficient (Wildman–Crippen LogP) is 1.80. The van der Waals surface area contributed by atoms with E-state index in [0.29, 0.717) is 30.2 Å². The second kappa shape index (κ2) is 11.0. The van der Waals surface area contributed by atoms with E-state index in [1.807, 2.05) is 19.0 Å². The van der Waals surface area contributed by atoms with Crippen LogP contribution >= 0.6 is 0 Å². The van der Waals surface area contributed by atoms with Gasteiger partial charge in [-0.2, -0.15) is 0 Å². The summed E-state index contributed by atoms with van der Waals surface area (Å²) < 4.78 is 5.37. The van der Waals surface area contributed by atoms with Crippen molar-refractivity contribution < 1.29 is 14.3 Å². The van der Waals surface area contributed by atoms with Gasteiger partial charge in [-0.05, 0) is 60.3 Å². The van der Waals surface area contributed by atoms with E-state index < -0.39 is 11.6 Å². The summed E-state index contributed by atoms with van der Waals surface area (Å²) in [5.41, 5.74) is 0.889. The molecule has 2 aromatic heterocycles. The van der Waals surface area contributed by atoms with Gasteiger partial charge in [0.2, 0.25) is 5.91 Å². The number of ether oxygens (including phenoxy) is 1. The Morgan fingerprint density at radius 3 is 2.34 bits per heavy atom. The Labute approximate surface area is 188 Å². The molecule has 0 atom stereocenters. The van der Waals surface area contributed by atoms with Crippen LogP contribution in [0.15, 0.2) is 29.3 Å². The normalized spacial score (nSPS) is 11.5. The molecule has 32 heavy (non-hydrogen) atoms. The maximum absolute atomic E-state index is 12.9. The van der Waals surface area contributed by atoms with Crippen LogP contribution in [0.2, 0.25) is 0 Å². The minimum absolute atomic E-state index is 0.0937. The molecule has 174 valence electrons. The van der Waals surface area contributed by atoms with Crippen LogP contribution in [0.5, 0.6) is 0 Å². The summed E-state index contributed by atoms with van der Waals surface area (Å²) in [6.45, 7) is 7.98. The first-order valence-corrected chi connectivity index (χ1v) is 10.6. The average molecular weight is 444 g/mol. The van der Waals surface area contributed by atoms with Crippen LogP contribution in [0.3, 0.4) is 0 Å². The molecule has 0 aromatic carbocycles. The van der Waals surface area contributed by atoms with E-state index in [2.05, 4.69) is 15.0 Å². The van der Waals surface area contributed by atoms with Gasteiger partial charge in [-0.3, -0.25) is 19.4 Å². The molecule has 0 bridgehead atoms. The van der Waals surface area contributed by atoms with Crippen LogP contribution < -0.4 is 5.56 Å². The minimum Gasteiger partial charge on any atom is -0.459 e. The number of hydrogen-bond acceptors (Lipinski definition) is 7. The van der Waals surface area contributed by atoms with Crippen LogP contribution in [0.1, 0.15) is 38.4 Å². The van der Waals surface area contributed by atoms with Crippen molar-refractivity contribution in [3.05, 3.63) is 46.1 Å². The number of esters is 1. The van der Waals surface area contributed by atoms with Crippen LogP contribution in [0.25, 0.3) is 11.4 Å². The number of likely N-dealkylation sites (N-methyl/N-ethyl adjacent to an activating group) is 1. The number of aromatic amines is 1. The summed E-state index contributed by atoms with van der Waals surface area (Å²) >= 11 is 0. The molecule has 0 unspecified atom stereocenters. The van der Waals surface area contributed by atoms with Crippen molar-refractivity contribution in [1.82, 2.24) is 24.8 Å². The monoisotopic (exact) mass is 443 g/mol. The van der Waals surface area contributed by atoms with Crippen LogP contribution in [-0.4, -0.2) is 76.0 Å². The molecular weight excluding hydrogens is 410 g/mol. The van der Waals surface area contributed by atoms with Gasteiger partial charge in [0.05, 0.1) is 0 Å². The van der Waals surface area contributed by atoms with E-state index in [9.17, 15) is 14.4 Å². The van der Waals surface area contributed by atoms with E-state index in [1.54, 1.807) is 52.2 Å². The van der Waals surface area contributed by atoms with Crippen LogP contribution in [0, 0.1) is 6.92 Å². The molecular formula is C23H33N5O4. The number of nitrogens with zero attached hydrogens (tertiary/aromatic N) is 4. The van der Waals surface area contributed by atoms with Crippen molar-refractivity contribution in [3.63, 3.8) is 0 Å². The van der Waals surface area contributed by atoms with Gasteiger partial charge < -0.3 is 19.5 Å². The molecule has 0 saturated heterocycles. The Morgan fingerprint density at radius 1 is 1.12 bits per heavy atom. The number of carbonyl (C=O) groups is 2. The zero-order valence-corrected chi connectivity index (χ0v) is 19.8. The Hall–Kier alpha value is -3.07. The Kier molecular flexibility index (Phi) is 8.65. The zero-order valence-electron chi connectivity index (χ0n) is 19.8. The van der Waals surface area contributed by atoms with Crippen molar-refractivity contribution in [3.8, 4) is 11.4 Å². The second-order valence-electron chi connectivity index (χ2n) is 8.92. The topological polar surface area (TPSA) is 108 Å². The molecule has 0 aliphatic rings. The first kappa shape index (κ1) is 25.2. The summed E-state index contributed by atoms with van der Waals surface area (Å²) in [7, 11) is 3.80. The van der Waals surface area contributed by atoms with Crippen molar-refractivity contribution in [1.29, 1.82) is 0 Å². The number of amides is 1. The van der Waals surface area contributed by atoms with Gasteiger partial charge in [-0.15, -0.1) is 0 Å². The number of nitrogens with one attached hydrogen (secondary N) is 1. The Balaban J connectivity index is 2.11. The molecule has 1 amide bonds. The maximum atomic E-state index is 12.9. The summed E-state index contributed by atoms with van der Waals surface area (Å²) in [5.74, 6) is -0.209. The molecule has 9 nitrogen and oxygen atoms in total. The number of hydrogen-bond donors (Lipinski definition) is 1. The highest BCUT2D eigenvalue weighted by Crippen LogP contribution is 2.14. The fourth-order valence-electron chi connectivity index (χ4n) is 3.08. The first-order chi connectivity index (χ1) is 15.0. The van der Waals surface area contributed by atoms with E-state index in [-0.39, 0.29) is 30.9 Å². The number of H-pyrrole nitrogens is 1. The summed E-state index contributed by atoms with van der Waals surface area (Å²) in [5, 5.41) is 0. The number of rotatable bonds is 9. The number of aryl methyl sites for hydroxylation is 1. The van der Waals surface area contributed by atoms with E-state index in [4.69, 9.17) is 4.74 Å². The molecule has 0 saturated carbocycles. The lowest BCUT2D eigenvalue weighted by atomic mass is 10.1. The van der Waals surface area contributed by atoms with Gasteiger partial charge in [-0.25, -0.2) is 4.98 Å². The SMILES string of the molecule is Cc1nc(-c2ccncc2)[nH]c(=O)c1CCC(=O)N(CCN(C)C)CC(=O)OC(C)(C)C. The molecule has 1 N–H and O–H groups in total. The molecule has 0 aliphatic carbocycles. The van der Waals surface area contributed by atoms with Crippen LogP contribution in [-0.2, 0) is 20.7 Å². The van der Waals surface area contributed by atoms with E-state index in [0.717, 1.165) is 5.56 Å². The molecule has 9 heteroatoms. The third kappa shape index (κ3) is 7.88. The summed E-state index contributed by atoms with van der Waals surface area (Å²) in [4.78, 5) is 52.5. The lowest BCUT2D eigenvalue weighted by Crippen LogP contribution is -2.42. The van der Waals surface area contributed by atoms with Gasteiger partial charge in [0.15, 0.2) is 0 Å². The fourth-order valence-corrected chi connectivity index (χ4v) is 3.08. The largest absolute Gasteiger partial charge is 0.459 e. The predicted molar refractivity (Wildman–Crippen MR) is 122 cm³/mol. The number of carbonyl (C=O) groups excluding carboxylic acids is 2. The van der Waals surface area contributed by atoms with Gasteiger partial charge in [0, 0.05) is 48.7 Å². The highest BCUT2D eigenvalue weighted by atomic mass is 16.6. The Morgan fingerprint density at radius 2 is 1.78 bits per heavy atom. The molecule has 2 rings (SSSR count). The lowest BCUT2D eigenvalue weighted by molar-refractivity contribution is -0.159. The average Bonchev–Trinajstić information content (AvgIpc) is 2.69. The maximum Gasteiger partial charge on any atom is 0.326 e. The molecule has 0 aliphatic heterocycles. The molecule has 0 spiro atoms. The van der Waals surface area contributed by atoms with Gasteiger partial charge in [0.1, 0.15) is 18.0 Å². The highest BCUT2D eigenvalue weighted by Gasteiger charge is 2.23. The Bertz CT molecular complexity index is 980. The number of pyridine rings is 1. The van der Waals surface area contributed by atoms with Crippen molar-refractivity contribution in [2.75, 3.05) is 33.7 Å². The summed E-state index contributed by atoms with van der Waals surface area (Å²) in [6.07, 6.45) is 3.58. The molecule has 2 heterocycles. The minimum atomic E-state index is -0.625. The zero-order chi connectivity index (χ0) is 23.9. The smallest absolute Gasteiger partial charge is 0.326 e. The number of aromatic nitrogens is 3. The van der Waals surface area contributed by atoms with E-state index in [1.165, 1.54) is 4.90 Å². The summed E-state index contributed by atoms with van der Waals surface area (Å²) in [6, 6.07) is 3.53. The standard InChI is InChI=1S/C23H33N5O4/c1-16-18(22(31)26-21(25-16)17-9-11-24-12-10-17)7-8-19(29)28(14-13-27(5)6)15-20(30)32-23(2,3)4/h9-12H,7-8,13-15H2,1-6H3,(H,25,26,31). The quantitative estimate of drug-likeness (QED) is 0.589. The molecule has 0 fully saturated rings. The van der Waals surface area contributed by atoms with Crippen LogP contribution in [0.4, 0.5) is 0 Å². The highest BCUT2D eigenvalue weighted by molar-refractivity contribution is 5.82. The van der Waals surface area contributed by atoms with Crippen molar-refractivity contribution in [2.45, 2.75) is 46.1 Å². The van der Waals surface area contributed by atoms with Gasteiger partial charge >= 0.3 is 5.97 Å².